The highest BCUT2D eigenvalue weighted by molar-refractivity contribution is 5.80. The Kier molecular flexibility index (Phi) is 5.92. The normalized spacial score (nSPS) is 23.7. The van der Waals surface area contributed by atoms with Crippen LogP contribution in [0.15, 0.2) is 84.9 Å². The number of carbonyl (C=O) groups excluding carboxylic acids is 1. The molecule has 0 spiro atoms. The van der Waals surface area contributed by atoms with Crippen LogP contribution in [0.25, 0.3) is 0 Å². The van der Waals surface area contributed by atoms with Gasteiger partial charge in [-0.05, 0) is 36.0 Å². The van der Waals surface area contributed by atoms with Crippen LogP contribution in [0.2, 0.25) is 0 Å². The Morgan fingerprint density at radius 3 is 2.18 bits per heavy atom. The zero-order chi connectivity index (χ0) is 22.8. The SMILES string of the molecule is COc1ccccc1CC(=O)N1C[C@@H]2[C@H](F)CCC(c3ccccc3)(c3ccccc3)[C@@H]2C1. The fourth-order valence-electron chi connectivity index (χ4n) is 6.16. The van der Waals surface area contributed by atoms with E-state index in [1.165, 1.54) is 11.1 Å². The average molecular weight is 444 g/mol. The van der Waals surface area contributed by atoms with Gasteiger partial charge >= 0.3 is 0 Å². The molecule has 1 saturated heterocycles. The molecule has 0 unspecified atom stereocenters. The molecule has 1 aliphatic heterocycles. The number of halogens is 1. The molecular formula is C29H30FNO2. The molecule has 0 radical (unpaired) electrons. The largest absolute Gasteiger partial charge is 0.496 e. The Morgan fingerprint density at radius 2 is 1.55 bits per heavy atom. The van der Waals surface area contributed by atoms with Crippen molar-refractivity contribution in [3.05, 3.63) is 102 Å². The second kappa shape index (κ2) is 9.01. The molecule has 1 amide bonds. The van der Waals surface area contributed by atoms with Gasteiger partial charge in [0.15, 0.2) is 0 Å². The van der Waals surface area contributed by atoms with Crippen LogP contribution in [-0.2, 0) is 16.6 Å². The van der Waals surface area contributed by atoms with Crippen molar-refractivity contribution in [3.63, 3.8) is 0 Å². The predicted molar refractivity (Wildman–Crippen MR) is 128 cm³/mol. The van der Waals surface area contributed by atoms with Gasteiger partial charge in [0.05, 0.1) is 13.5 Å². The van der Waals surface area contributed by atoms with Crippen LogP contribution >= 0.6 is 0 Å². The van der Waals surface area contributed by atoms with Crippen molar-refractivity contribution < 1.29 is 13.9 Å². The Bertz CT molecular complexity index is 1060. The Balaban J connectivity index is 1.50. The number of ether oxygens (including phenoxy) is 1. The third-order valence-electron chi connectivity index (χ3n) is 7.74. The fourth-order valence-corrected chi connectivity index (χ4v) is 6.16. The van der Waals surface area contributed by atoms with E-state index in [0.29, 0.717) is 25.3 Å². The molecule has 3 nitrogen and oxygen atoms in total. The lowest BCUT2D eigenvalue weighted by Gasteiger charge is -2.47. The minimum Gasteiger partial charge on any atom is -0.496 e. The van der Waals surface area contributed by atoms with Gasteiger partial charge in [0.2, 0.25) is 5.91 Å². The van der Waals surface area contributed by atoms with E-state index in [0.717, 1.165) is 12.0 Å². The zero-order valence-electron chi connectivity index (χ0n) is 19.0. The maximum atomic E-state index is 15.3. The summed E-state index contributed by atoms with van der Waals surface area (Å²) in [6.07, 6.45) is 0.640. The monoisotopic (exact) mass is 443 g/mol. The van der Waals surface area contributed by atoms with E-state index in [9.17, 15) is 4.79 Å². The third kappa shape index (κ3) is 3.82. The average Bonchev–Trinajstić information content (AvgIpc) is 3.33. The van der Waals surface area contributed by atoms with Gasteiger partial charge in [-0.25, -0.2) is 4.39 Å². The summed E-state index contributed by atoms with van der Waals surface area (Å²) in [5.74, 6) is 0.623. The van der Waals surface area contributed by atoms with Crippen molar-refractivity contribution in [2.24, 2.45) is 11.8 Å². The van der Waals surface area contributed by atoms with Crippen LogP contribution < -0.4 is 4.74 Å². The Labute approximate surface area is 195 Å². The van der Waals surface area contributed by atoms with E-state index in [-0.39, 0.29) is 29.6 Å². The van der Waals surface area contributed by atoms with Gasteiger partial charge in [-0.15, -0.1) is 0 Å². The predicted octanol–water partition coefficient (Wildman–Crippen LogP) is 5.43. The summed E-state index contributed by atoms with van der Waals surface area (Å²) in [5, 5.41) is 0. The van der Waals surface area contributed by atoms with Gasteiger partial charge < -0.3 is 9.64 Å². The van der Waals surface area contributed by atoms with E-state index in [1.54, 1.807) is 7.11 Å². The first-order valence-electron chi connectivity index (χ1n) is 11.8. The molecule has 3 atom stereocenters. The molecule has 2 fully saturated rings. The van der Waals surface area contributed by atoms with E-state index >= 15 is 4.39 Å². The molecule has 2 aliphatic rings. The second-order valence-electron chi connectivity index (χ2n) is 9.32. The minimum absolute atomic E-state index is 0.0349. The number of amides is 1. The van der Waals surface area contributed by atoms with Crippen molar-refractivity contribution in [2.45, 2.75) is 30.8 Å². The van der Waals surface area contributed by atoms with Crippen LogP contribution in [0.5, 0.6) is 5.75 Å². The smallest absolute Gasteiger partial charge is 0.227 e. The van der Waals surface area contributed by atoms with Crippen molar-refractivity contribution in [3.8, 4) is 5.75 Å². The molecule has 0 N–H and O–H groups in total. The summed E-state index contributed by atoms with van der Waals surface area (Å²) < 4.78 is 20.8. The summed E-state index contributed by atoms with van der Waals surface area (Å²) >= 11 is 0. The molecular weight excluding hydrogens is 413 g/mol. The van der Waals surface area contributed by atoms with Crippen molar-refractivity contribution in [1.29, 1.82) is 0 Å². The third-order valence-corrected chi connectivity index (χ3v) is 7.74. The van der Waals surface area contributed by atoms with Crippen LogP contribution in [0, 0.1) is 11.8 Å². The number of fused-ring (bicyclic) bond motifs is 1. The first-order chi connectivity index (χ1) is 16.1. The zero-order valence-corrected chi connectivity index (χ0v) is 19.0. The van der Waals surface area contributed by atoms with Crippen molar-refractivity contribution in [1.82, 2.24) is 4.90 Å². The number of hydrogen-bond donors (Lipinski definition) is 0. The molecule has 1 aliphatic carbocycles. The molecule has 1 heterocycles. The van der Waals surface area contributed by atoms with E-state index in [1.807, 2.05) is 41.3 Å². The second-order valence-corrected chi connectivity index (χ2v) is 9.32. The number of para-hydroxylation sites is 1. The lowest BCUT2D eigenvalue weighted by Crippen LogP contribution is -2.47. The van der Waals surface area contributed by atoms with Crippen LogP contribution in [-0.4, -0.2) is 37.2 Å². The molecule has 33 heavy (non-hydrogen) atoms. The summed E-state index contributed by atoms with van der Waals surface area (Å²) in [7, 11) is 1.62. The van der Waals surface area contributed by atoms with Crippen LogP contribution in [0.1, 0.15) is 29.5 Å². The van der Waals surface area contributed by atoms with E-state index in [2.05, 4.69) is 48.5 Å². The summed E-state index contributed by atoms with van der Waals surface area (Å²) in [4.78, 5) is 15.3. The number of methoxy groups -OCH3 is 1. The molecule has 0 bridgehead atoms. The van der Waals surface area contributed by atoms with Crippen molar-refractivity contribution >= 4 is 5.91 Å². The van der Waals surface area contributed by atoms with Gasteiger partial charge in [0.25, 0.3) is 0 Å². The highest BCUT2D eigenvalue weighted by Crippen LogP contribution is 2.54. The maximum Gasteiger partial charge on any atom is 0.227 e. The standard InChI is InChI=1S/C29H30FNO2/c1-33-27-15-9-8-10-21(27)18-28(32)31-19-24-25(20-31)29(17-16-26(24)30,22-11-4-2-5-12-22)23-13-6-3-7-14-23/h2-15,24-26H,16-20H2,1H3/t24-,25+,26+/m0/s1. The number of alkyl halides is 1. The number of nitrogens with zero attached hydrogens (tertiary/aromatic N) is 1. The van der Waals surface area contributed by atoms with E-state index < -0.39 is 6.17 Å². The van der Waals surface area contributed by atoms with Crippen LogP contribution in [0.4, 0.5) is 4.39 Å². The maximum absolute atomic E-state index is 15.3. The number of carbonyl (C=O) groups is 1. The first-order valence-corrected chi connectivity index (χ1v) is 11.8. The van der Waals surface area contributed by atoms with Gasteiger partial charge in [-0.3, -0.25) is 4.79 Å². The lowest BCUT2D eigenvalue weighted by atomic mass is 9.56. The number of rotatable bonds is 5. The molecule has 5 rings (SSSR count). The quantitative estimate of drug-likeness (QED) is 0.526. The number of hydrogen-bond acceptors (Lipinski definition) is 2. The minimum atomic E-state index is -0.889. The lowest BCUT2D eigenvalue weighted by molar-refractivity contribution is -0.129. The first kappa shape index (κ1) is 21.7. The Hall–Kier alpha value is -3.14. The molecule has 3 aromatic carbocycles. The molecule has 170 valence electrons. The van der Waals surface area contributed by atoms with Gasteiger partial charge in [-0.1, -0.05) is 78.9 Å². The van der Waals surface area contributed by atoms with Crippen molar-refractivity contribution in [2.75, 3.05) is 20.2 Å². The molecule has 0 aromatic heterocycles. The van der Waals surface area contributed by atoms with E-state index in [4.69, 9.17) is 4.74 Å². The fraction of sp³-hybridized carbons (Fsp3) is 0.345. The van der Waals surface area contributed by atoms with Crippen LogP contribution in [0.3, 0.4) is 0 Å². The summed E-state index contributed by atoms with van der Waals surface area (Å²) in [5.41, 5.74) is 3.01. The van der Waals surface area contributed by atoms with Gasteiger partial charge in [-0.2, -0.15) is 0 Å². The summed E-state index contributed by atoms with van der Waals surface area (Å²) in [6.45, 7) is 1.05. The summed E-state index contributed by atoms with van der Waals surface area (Å²) in [6, 6.07) is 28.6. The molecule has 4 heteroatoms. The van der Waals surface area contributed by atoms with Gasteiger partial charge in [0, 0.05) is 30.0 Å². The highest BCUT2D eigenvalue weighted by atomic mass is 19.1. The molecule has 3 aromatic rings. The highest BCUT2D eigenvalue weighted by Gasteiger charge is 2.55. The van der Waals surface area contributed by atoms with Gasteiger partial charge in [0.1, 0.15) is 11.9 Å². The molecule has 1 saturated carbocycles. The topological polar surface area (TPSA) is 29.5 Å². The number of likely N-dealkylation sites (tertiary alicyclic amines) is 1. The Morgan fingerprint density at radius 1 is 0.939 bits per heavy atom. The number of benzene rings is 3.